The van der Waals surface area contributed by atoms with E-state index in [2.05, 4.69) is 19.6 Å². The first-order chi connectivity index (χ1) is 5.79. The van der Waals surface area contributed by atoms with Crippen LogP contribution in [-0.4, -0.2) is 29.1 Å². The summed E-state index contributed by atoms with van der Waals surface area (Å²) >= 11 is 4.27. The predicted octanol–water partition coefficient (Wildman–Crippen LogP) is 2.98. The normalized spacial score (nSPS) is 17.3. The fourth-order valence-corrected chi connectivity index (χ4v) is 2.11. The summed E-state index contributed by atoms with van der Waals surface area (Å²) in [6.07, 6.45) is 4.01. The molecule has 0 bridgehead atoms. The second-order valence-corrected chi connectivity index (χ2v) is 3.68. The Morgan fingerprint density at radius 1 is 1.50 bits per heavy atom. The summed E-state index contributed by atoms with van der Waals surface area (Å²) < 4.78 is 0. The van der Waals surface area contributed by atoms with Crippen molar-refractivity contribution in [3.05, 3.63) is 0 Å². The van der Waals surface area contributed by atoms with Crippen LogP contribution in [0.4, 0.5) is 0 Å². The molecule has 0 aromatic rings. The van der Waals surface area contributed by atoms with Gasteiger partial charge < -0.3 is 4.90 Å². The third kappa shape index (κ3) is 3.91. The lowest BCUT2D eigenvalue weighted by molar-refractivity contribution is -0.129. The highest BCUT2D eigenvalue weighted by Gasteiger charge is 2.25. The van der Waals surface area contributed by atoms with Crippen molar-refractivity contribution < 1.29 is 4.79 Å². The number of hydrogen-bond acceptors (Lipinski definition) is 2. The number of amides is 1. The summed E-state index contributed by atoms with van der Waals surface area (Å²) in [6.45, 7) is 3.10. The SMILES string of the molecule is C.C.CCCC(CS)N1CCCC1=O. The van der Waals surface area contributed by atoms with Crippen LogP contribution in [-0.2, 0) is 4.79 Å². The van der Waals surface area contributed by atoms with E-state index in [0.717, 1.165) is 38.0 Å². The zero-order valence-corrected chi connectivity index (χ0v) is 8.52. The third-order valence-corrected chi connectivity index (χ3v) is 2.80. The maximum Gasteiger partial charge on any atom is 0.222 e. The van der Waals surface area contributed by atoms with Crippen LogP contribution in [0.25, 0.3) is 0 Å². The average Bonchev–Trinajstić information content (AvgIpc) is 2.47. The molecular formula is C11H25NOS. The van der Waals surface area contributed by atoms with E-state index in [1.165, 1.54) is 0 Å². The molecule has 1 rings (SSSR count). The summed E-state index contributed by atoms with van der Waals surface area (Å²) in [5.41, 5.74) is 0. The maximum atomic E-state index is 11.3. The molecule has 1 amide bonds. The molecule has 1 atom stereocenters. The zero-order valence-electron chi connectivity index (χ0n) is 7.62. The van der Waals surface area contributed by atoms with E-state index in [0.29, 0.717) is 11.9 Å². The summed E-state index contributed by atoms with van der Waals surface area (Å²) in [4.78, 5) is 13.3. The lowest BCUT2D eigenvalue weighted by Gasteiger charge is -2.25. The summed E-state index contributed by atoms with van der Waals surface area (Å²) in [5.74, 6) is 1.13. The highest BCUT2D eigenvalue weighted by Crippen LogP contribution is 2.17. The molecular weight excluding hydrogens is 194 g/mol. The molecule has 0 N–H and O–H groups in total. The van der Waals surface area contributed by atoms with Gasteiger partial charge in [-0.05, 0) is 12.8 Å². The van der Waals surface area contributed by atoms with Crippen molar-refractivity contribution in [2.45, 2.75) is 53.5 Å². The van der Waals surface area contributed by atoms with Crippen molar-refractivity contribution in [1.29, 1.82) is 0 Å². The maximum absolute atomic E-state index is 11.3. The second kappa shape index (κ2) is 8.16. The zero-order chi connectivity index (χ0) is 8.97. The van der Waals surface area contributed by atoms with Crippen molar-refractivity contribution in [1.82, 2.24) is 4.90 Å². The van der Waals surface area contributed by atoms with Crippen molar-refractivity contribution in [2.24, 2.45) is 0 Å². The van der Waals surface area contributed by atoms with Crippen molar-refractivity contribution in [2.75, 3.05) is 12.3 Å². The molecule has 0 aliphatic carbocycles. The van der Waals surface area contributed by atoms with Gasteiger partial charge in [0.1, 0.15) is 0 Å². The lowest BCUT2D eigenvalue weighted by Crippen LogP contribution is -2.37. The Morgan fingerprint density at radius 3 is 2.50 bits per heavy atom. The highest BCUT2D eigenvalue weighted by molar-refractivity contribution is 7.80. The first-order valence-corrected chi connectivity index (χ1v) is 5.33. The van der Waals surface area contributed by atoms with Gasteiger partial charge in [0.2, 0.25) is 5.91 Å². The molecule has 0 aromatic heterocycles. The highest BCUT2D eigenvalue weighted by atomic mass is 32.1. The average molecular weight is 219 g/mol. The van der Waals surface area contributed by atoms with Gasteiger partial charge in [-0.3, -0.25) is 4.79 Å². The van der Waals surface area contributed by atoms with Gasteiger partial charge in [-0.2, -0.15) is 12.6 Å². The molecule has 2 nitrogen and oxygen atoms in total. The van der Waals surface area contributed by atoms with Crippen LogP contribution in [0.15, 0.2) is 0 Å². The fraction of sp³-hybridized carbons (Fsp3) is 0.909. The molecule has 86 valence electrons. The summed E-state index contributed by atoms with van der Waals surface area (Å²) in [6, 6.07) is 0.383. The minimum Gasteiger partial charge on any atom is -0.339 e. The first kappa shape index (κ1) is 16.3. The molecule has 14 heavy (non-hydrogen) atoms. The Morgan fingerprint density at radius 2 is 2.14 bits per heavy atom. The van der Waals surface area contributed by atoms with E-state index in [-0.39, 0.29) is 14.9 Å². The first-order valence-electron chi connectivity index (χ1n) is 4.70. The quantitative estimate of drug-likeness (QED) is 0.721. The Bertz CT molecular complexity index is 161. The number of likely N-dealkylation sites (tertiary alicyclic amines) is 1. The Kier molecular flexibility index (Phi) is 9.47. The molecule has 0 saturated carbocycles. The van der Waals surface area contributed by atoms with E-state index in [4.69, 9.17) is 0 Å². The van der Waals surface area contributed by atoms with Gasteiger partial charge in [0.05, 0.1) is 0 Å². The fourth-order valence-electron chi connectivity index (χ4n) is 1.73. The van der Waals surface area contributed by atoms with E-state index < -0.39 is 0 Å². The number of hydrogen-bond donors (Lipinski definition) is 1. The molecule has 1 unspecified atom stereocenters. The molecule has 0 radical (unpaired) electrons. The summed E-state index contributed by atoms with van der Waals surface area (Å²) in [7, 11) is 0. The number of nitrogens with zero attached hydrogens (tertiary/aromatic N) is 1. The standard InChI is InChI=1S/C9H17NOS.2CH4/c1-2-4-8(7-12)10-6-3-5-9(10)11;;/h8,12H,2-7H2,1H3;2*1H4. The molecule has 0 aromatic carbocycles. The van der Waals surface area contributed by atoms with E-state index in [9.17, 15) is 4.79 Å². The molecule has 1 heterocycles. The van der Waals surface area contributed by atoms with Crippen LogP contribution < -0.4 is 0 Å². The predicted molar refractivity (Wildman–Crippen MR) is 67.0 cm³/mol. The summed E-state index contributed by atoms with van der Waals surface area (Å²) in [5, 5.41) is 0. The lowest BCUT2D eigenvalue weighted by atomic mass is 10.2. The third-order valence-electron chi connectivity index (χ3n) is 2.38. The number of thiol groups is 1. The number of rotatable bonds is 4. The Hall–Kier alpha value is -0.180. The van der Waals surface area contributed by atoms with Crippen LogP contribution in [0.2, 0.25) is 0 Å². The Labute approximate surface area is 94.5 Å². The van der Waals surface area contributed by atoms with Crippen LogP contribution in [0, 0.1) is 0 Å². The topological polar surface area (TPSA) is 20.3 Å². The smallest absolute Gasteiger partial charge is 0.222 e. The minimum absolute atomic E-state index is 0. The van der Waals surface area contributed by atoms with E-state index in [1.54, 1.807) is 0 Å². The molecule has 3 heteroatoms. The van der Waals surface area contributed by atoms with E-state index >= 15 is 0 Å². The molecule has 1 saturated heterocycles. The molecule has 1 fully saturated rings. The van der Waals surface area contributed by atoms with Gasteiger partial charge in [-0.25, -0.2) is 0 Å². The van der Waals surface area contributed by atoms with E-state index in [1.807, 2.05) is 4.90 Å². The number of carbonyl (C=O) groups excluding carboxylic acids is 1. The number of carbonyl (C=O) groups is 1. The van der Waals surface area contributed by atoms with Gasteiger partial charge in [0, 0.05) is 24.8 Å². The molecule has 1 aliphatic rings. The van der Waals surface area contributed by atoms with Gasteiger partial charge in [-0.1, -0.05) is 28.2 Å². The van der Waals surface area contributed by atoms with Gasteiger partial charge in [0.25, 0.3) is 0 Å². The Balaban J connectivity index is 0. The van der Waals surface area contributed by atoms with Crippen LogP contribution in [0.3, 0.4) is 0 Å². The molecule has 1 aliphatic heterocycles. The second-order valence-electron chi connectivity index (χ2n) is 3.32. The van der Waals surface area contributed by atoms with Crippen molar-refractivity contribution in [3.63, 3.8) is 0 Å². The minimum atomic E-state index is 0. The van der Waals surface area contributed by atoms with Crippen LogP contribution >= 0.6 is 12.6 Å². The van der Waals surface area contributed by atoms with Gasteiger partial charge in [-0.15, -0.1) is 0 Å². The van der Waals surface area contributed by atoms with Crippen molar-refractivity contribution in [3.8, 4) is 0 Å². The monoisotopic (exact) mass is 219 g/mol. The largest absolute Gasteiger partial charge is 0.339 e. The van der Waals surface area contributed by atoms with Crippen LogP contribution in [0.1, 0.15) is 47.5 Å². The molecule has 0 spiro atoms. The van der Waals surface area contributed by atoms with Gasteiger partial charge >= 0.3 is 0 Å². The van der Waals surface area contributed by atoms with Crippen molar-refractivity contribution >= 4 is 18.5 Å². The van der Waals surface area contributed by atoms with Crippen LogP contribution in [0.5, 0.6) is 0 Å². The van der Waals surface area contributed by atoms with Gasteiger partial charge in [0.15, 0.2) is 0 Å².